The van der Waals surface area contributed by atoms with E-state index in [9.17, 15) is 5.11 Å². The highest BCUT2D eigenvalue weighted by Crippen LogP contribution is 2.26. The van der Waals surface area contributed by atoms with Gasteiger partial charge in [-0.2, -0.15) is 0 Å². The molecular formula is C19H28N4O. The van der Waals surface area contributed by atoms with Crippen LogP contribution in [0.5, 0.6) is 0 Å². The van der Waals surface area contributed by atoms with E-state index in [0.717, 1.165) is 69.0 Å². The second kappa shape index (κ2) is 6.47. The lowest BCUT2D eigenvalue weighted by Gasteiger charge is -2.40. The van der Waals surface area contributed by atoms with Crippen molar-refractivity contribution in [1.82, 2.24) is 19.8 Å². The van der Waals surface area contributed by atoms with Gasteiger partial charge in [-0.25, -0.2) is 4.98 Å². The predicted octanol–water partition coefficient (Wildman–Crippen LogP) is 2.29. The lowest BCUT2D eigenvalue weighted by molar-refractivity contribution is -0.0433. The van der Waals surface area contributed by atoms with E-state index in [4.69, 9.17) is 4.98 Å². The smallest absolute Gasteiger partial charge is 0.121 e. The fourth-order valence-corrected chi connectivity index (χ4v) is 4.11. The number of benzene rings is 1. The molecule has 1 aromatic carbocycles. The largest absolute Gasteiger partial charge is 0.388 e. The van der Waals surface area contributed by atoms with Crippen molar-refractivity contribution in [1.29, 1.82) is 0 Å². The third kappa shape index (κ3) is 3.48. The van der Waals surface area contributed by atoms with Crippen molar-refractivity contribution in [3.05, 3.63) is 29.6 Å². The van der Waals surface area contributed by atoms with Crippen LogP contribution in [0, 0.1) is 6.92 Å². The molecule has 5 heteroatoms. The monoisotopic (exact) mass is 328 g/mol. The van der Waals surface area contributed by atoms with Crippen molar-refractivity contribution in [2.75, 3.05) is 32.7 Å². The minimum Gasteiger partial charge on any atom is -0.388 e. The Balaban J connectivity index is 1.35. The van der Waals surface area contributed by atoms with Crippen LogP contribution >= 0.6 is 0 Å². The molecule has 2 fully saturated rings. The first kappa shape index (κ1) is 16.1. The number of likely N-dealkylation sites (tertiary alicyclic amines) is 2. The predicted molar refractivity (Wildman–Crippen MR) is 96.0 cm³/mol. The molecule has 4 rings (SSSR count). The highest BCUT2D eigenvalue weighted by molar-refractivity contribution is 5.75. The molecule has 1 aromatic heterocycles. The van der Waals surface area contributed by atoms with Gasteiger partial charge in [-0.15, -0.1) is 0 Å². The van der Waals surface area contributed by atoms with Gasteiger partial charge in [0, 0.05) is 19.6 Å². The average Bonchev–Trinajstić information content (AvgIpc) is 3.18. The quantitative estimate of drug-likeness (QED) is 0.904. The summed E-state index contributed by atoms with van der Waals surface area (Å²) in [4.78, 5) is 13.0. The third-order valence-corrected chi connectivity index (χ3v) is 5.56. The van der Waals surface area contributed by atoms with Gasteiger partial charge >= 0.3 is 0 Å². The molecule has 0 saturated carbocycles. The van der Waals surface area contributed by atoms with Crippen molar-refractivity contribution < 1.29 is 5.11 Å². The number of aromatic nitrogens is 2. The molecule has 24 heavy (non-hydrogen) atoms. The van der Waals surface area contributed by atoms with Gasteiger partial charge in [0.15, 0.2) is 0 Å². The molecule has 2 aromatic rings. The first-order valence-electron chi connectivity index (χ1n) is 9.22. The van der Waals surface area contributed by atoms with Gasteiger partial charge in [-0.3, -0.25) is 4.90 Å². The first-order valence-corrected chi connectivity index (χ1v) is 9.22. The van der Waals surface area contributed by atoms with Crippen LogP contribution in [0.25, 0.3) is 11.0 Å². The van der Waals surface area contributed by atoms with Gasteiger partial charge in [-0.1, -0.05) is 6.07 Å². The summed E-state index contributed by atoms with van der Waals surface area (Å²) in [6.45, 7) is 8.00. The first-order chi connectivity index (χ1) is 11.6. The number of nitrogens with zero attached hydrogens (tertiary/aromatic N) is 3. The van der Waals surface area contributed by atoms with Crippen LogP contribution in [0.1, 0.15) is 37.1 Å². The van der Waals surface area contributed by atoms with Gasteiger partial charge < -0.3 is 15.0 Å². The number of piperidine rings is 1. The molecule has 3 heterocycles. The van der Waals surface area contributed by atoms with E-state index in [2.05, 4.69) is 39.9 Å². The Morgan fingerprint density at radius 3 is 2.62 bits per heavy atom. The van der Waals surface area contributed by atoms with Crippen molar-refractivity contribution in [3.63, 3.8) is 0 Å². The standard InChI is InChI=1S/C19H28N4O/c1-15-4-5-16-17(12-15)21-18(20-16)13-22-10-6-19(24,7-11-22)14-23-8-2-3-9-23/h4-5,12,24H,2-3,6-11,13-14H2,1H3,(H,20,21). The molecule has 0 radical (unpaired) electrons. The molecule has 0 unspecified atom stereocenters. The Morgan fingerprint density at radius 2 is 1.88 bits per heavy atom. The Kier molecular flexibility index (Phi) is 4.33. The summed E-state index contributed by atoms with van der Waals surface area (Å²) in [6, 6.07) is 6.33. The van der Waals surface area contributed by atoms with Gasteiger partial charge in [0.1, 0.15) is 5.82 Å². The minimum absolute atomic E-state index is 0.494. The number of nitrogens with one attached hydrogen (secondary N) is 1. The molecule has 2 saturated heterocycles. The number of imidazole rings is 1. The molecule has 0 bridgehead atoms. The molecular weight excluding hydrogens is 300 g/mol. The molecule has 0 aliphatic carbocycles. The highest BCUT2D eigenvalue weighted by Gasteiger charge is 2.34. The number of hydrogen-bond donors (Lipinski definition) is 2. The van der Waals surface area contributed by atoms with E-state index in [-0.39, 0.29) is 0 Å². The van der Waals surface area contributed by atoms with E-state index in [1.807, 2.05) is 0 Å². The average molecular weight is 328 g/mol. The zero-order valence-corrected chi connectivity index (χ0v) is 14.6. The lowest BCUT2D eigenvalue weighted by atomic mass is 9.91. The molecule has 130 valence electrons. The lowest BCUT2D eigenvalue weighted by Crippen LogP contribution is -2.50. The maximum absolute atomic E-state index is 10.9. The highest BCUT2D eigenvalue weighted by atomic mass is 16.3. The Bertz CT molecular complexity index is 696. The molecule has 5 nitrogen and oxygen atoms in total. The van der Waals surface area contributed by atoms with Crippen LogP contribution in [0.3, 0.4) is 0 Å². The maximum atomic E-state index is 10.9. The van der Waals surface area contributed by atoms with Crippen molar-refractivity contribution >= 4 is 11.0 Å². The Labute approximate surface area is 143 Å². The number of rotatable bonds is 4. The fraction of sp³-hybridized carbons (Fsp3) is 0.632. The number of aromatic amines is 1. The van der Waals surface area contributed by atoms with Crippen molar-refractivity contribution in [3.8, 4) is 0 Å². The van der Waals surface area contributed by atoms with E-state index >= 15 is 0 Å². The zero-order chi connectivity index (χ0) is 16.6. The number of β-amino-alcohol motifs (C(OH)–C–C–N with tert-alkyl or cyclic N) is 1. The summed E-state index contributed by atoms with van der Waals surface area (Å²) < 4.78 is 0. The van der Waals surface area contributed by atoms with Crippen LogP contribution in [0.15, 0.2) is 18.2 Å². The van der Waals surface area contributed by atoms with E-state index in [0.29, 0.717) is 0 Å². The number of aliphatic hydroxyl groups is 1. The molecule has 0 atom stereocenters. The Morgan fingerprint density at radius 1 is 1.12 bits per heavy atom. The minimum atomic E-state index is -0.494. The summed E-state index contributed by atoms with van der Waals surface area (Å²) in [5.74, 6) is 1.03. The van der Waals surface area contributed by atoms with Gasteiger partial charge in [0.2, 0.25) is 0 Å². The molecule has 0 amide bonds. The molecule has 2 N–H and O–H groups in total. The second-order valence-corrected chi connectivity index (χ2v) is 7.69. The van der Waals surface area contributed by atoms with E-state index < -0.39 is 5.60 Å². The second-order valence-electron chi connectivity index (χ2n) is 7.69. The summed E-state index contributed by atoms with van der Waals surface area (Å²) in [5, 5.41) is 10.9. The van der Waals surface area contributed by atoms with Crippen LogP contribution in [-0.2, 0) is 6.54 Å². The summed E-state index contributed by atoms with van der Waals surface area (Å²) in [6.07, 6.45) is 4.30. The molecule has 2 aliphatic heterocycles. The van der Waals surface area contributed by atoms with E-state index in [1.54, 1.807) is 0 Å². The van der Waals surface area contributed by atoms with Crippen LogP contribution in [-0.4, -0.2) is 63.2 Å². The van der Waals surface area contributed by atoms with Gasteiger partial charge in [0.25, 0.3) is 0 Å². The number of hydrogen-bond acceptors (Lipinski definition) is 4. The normalized spacial score (nSPS) is 22.4. The third-order valence-electron chi connectivity index (χ3n) is 5.56. The maximum Gasteiger partial charge on any atom is 0.121 e. The zero-order valence-electron chi connectivity index (χ0n) is 14.6. The Hall–Kier alpha value is -1.43. The summed E-state index contributed by atoms with van der Waals surface area (Å²) in [5.41, 5.74) is 2.92. The van der Waals surface area contributed by atoms with Crippen molar-refractivity contribution in [2.45, 2.75) is 44.8 Å². The SMILES string of the molecule is Cc1ccc2nc(CN3CCC(O)(CN4CCCC4)CC3)[nH]c2c1. The van der Waals surface area contributed by atoms with Gasteiger partial charge in [-0.05, 0) is 63.4 Å². The van der Waals surface area contributed by atoms with E-state index in [1.165, 1.54) is 18.4 Å². The number of H-pyrrole nitrogens is 1. The van der Waals surface area contributed by atoms with Crippen molar-refractivity contribution in [2.24, 2.45) is 0 Å². The topological polar surface area (TPSA) is 55.4 Å². The van der Waals surface area contributed by atoms with Crippen LogP contribution in [0.2, 0.25) is 0 Å². The van der Waals surface area contributed by atoms with Crippen LogP contribution < -0.4 is 0 Å². The van der Waals surface area contributed by atoms with Crippen LogP contribution in [0.4, 0.5) is 0 Å². The summed E-state index contributed by atoms with van der Waals surface area (Å²) >= 11 is 0. The molecule has 2 aliphatic rings. The fourth-order valence-electron chi connectivity index (χ4n) is 4.11. The molecule has 0 spiro atoms. The number of fused-ring (bicyclic) bond motifs is 1. The van der Waals surface area contributed by atoms with Gasteiger partial charge in [0.05, 0.1) is 23.2 Å². The number of aryl methyl sites for hydroxylation is 1. The summed E-state index contributed by atoms with van der Waals surface area (Å²) in [7, 11) is 0.